The highest BCUT2D eigenvalue weighted by Gasteiger charge is 2.29. The molecule has 3 N–H and O–H groups in total. The molecule has 3 heterocycles. The molecule has 0 aliphatic rings. The fraction of sp³-hybridized carbons (Fsp3) is 0.321. The predicted molar refractivity (Wildman–Crippen MR) is 155 cm³/mol. The van der Waals surface area contributed by atoms with Crippen LogP contribution in [-0.4, -0.2) is 48.3 Å². The SMILES string of the molecule is Cc1nnc(-c2c(CCOS(C)(=O)=O)nc(CC(C)C)c(C(N)=O)c2-c2ccc(C(=O)NCc3ccc(F)c(F)c3)s2)o1. The molecule has 0 bridgehead atoms. The number of nitrogens with two attached hydrogens (primary N) is 1. The third-order valence-electron chi connectivity index (χ3n) is 6.08. The van der Waals surface area contributed by atoms with E-state index in [4.69, 9.17) is 19.3 Å². The minimum Gasteiger partial charge on any atom is -0.421 e. The van der Waals surface area contributed by atoms with Crippen LogP contribution in [0.4, 0.5) is 8.78 Å². The molecule has 228 valence electrons. The van der Waals surface area contributed by atoms with Crippen LogP contribution < -0.4 is 11.1 Å². The van der Waals surface area contributed by atoms with Gasteiger partial charge in [0, 0.05) is 30.3 Å². The van der Waals surface area contributed by atoms with E-state index >= 15 is 0 Å². The first-order valence-corrected chi connectivity index (χ1v) is 15.7. The highest BCUT2D eigenvalue weighted by Crippen LogP contribution is 2.41. The number of nitrogens with one attached hydrogen (secondary N) is 1. The van der Waals surface area contributed by atoms with Gasteiger partial charge < -0.3 is 15.5 Å². The second-order valence-corrected chi connectivity index (χ2v) is 12.8. The molecule has 0 saturated heterocycles. The molecule has 3 aromatic heterocycles. The molecule has 0 atom stereocenters. The number of thiophene rings is 1. The molecular weight excluding hydrogens is 604 g/mol. The number of rotatable bonds is 12. The molecule has 0 saturated carbocycles. The number of carbonyl (C=O) groups is 2. The van der Waals surface area contributed by atoms with Crippen LogP contribution >= 0.6 is 11.3 Å². The molecule has 1 aromatic carbocycles. The highest BCUT2D eigenvalue weighted by molar-refractivity contribution is 7.85. The van der Waals surface area contributed by atoms with Gasteiger partial charge in [0.05, 0.1) is 40.3 Å². The number of carbonyl (C=O) groups excluding carboxylic acids is 2. The zero-order valence-electron chi connectivity index (χ0n) is 23.7. The molecule has 0 aliphatic heterocycles. The van der Waals surface area contributed by atoms with Crippen LogP contribution in [-0.2, 0) is 33.7 Å². The minimum atomic E-state index is -3.75. The van der Waals surface area contributed by atoms with Gasteiger partial charge in [-0.15, -0.1) is 21.5 Å². The van der Waals surface area contributed by atoms with E-state index in [2.05, 4.69) is 15.5 Å². The first kappa shape index (κ1) is 31.8. The molecule has 0 fully saturated rings. The summed E-state index contributed by atoms with van der Waals surface area (Å²) in [6.07, 6.45) is 1.30. The zero-order valence-corrected chi connectivity index (χ0v) is 25.4. The molecular formula is C28H29F2N5O6S2. The van der Waals surface area contributed by atoms with Gasteiger partial charge in [0.2, 0.25) is 11.8 Å². The molecule has 0 spiro atoms. The van der Waals surface area contributed by atoms with Crippen LogP contribution in [0, 0.1) is 24.5 Å². The van der Waals surface area contributed by atoms with E-state index in [1.807, 2.05) is 13.8 Å². The maximum atomic E-state index is 13.6. The summed E-state index contributed by atoms with van der Waals surface area (Å²) >= 11 is 1.05. The molecule has 0 aliphatic carbocycles. The summed E-state index contributed by atoms with van der Waals surface area (Å²) in [5, 5.41) is 10.7. The Morgan fingerprint density at radius 1 is 1.09 bits per heavy atom. The molecule has 4 rings (SSSR count). The third kappa shape index (κ3) is 7.86. The fourth-order valence-corrected chi connectivity index (χ4v) is 5.71. The number of amides is 2. The van der Waals surface area contributed by atoms with Crippen molar-refractivity contribution >= 4 is 33.3 Å². The molecule has 11 nitrogen and oxygen atoms in total. The van der Waals surface area contributed by atoms with Gasteiger partial charge >= 0.3 is 0 Å². The summed E-state index contributed by atoms with van der Waals surface area (Å²) in [5.41, 5.74) is 7.65. The van der Waals surface area contributed by atoms with Crippen LogP contribution in [0.3, 0.4) is 0 Å². The van der Waals surface area contributed by atoms with E-state index in [9.17, 15) is 26.8 Å². The lowest BCUT2D eigenvalue weighted by atomic mass is 9.92. The van der Waals surface area contributed by atoms with Gasteiger partial charge in [0.15, 0.2) is 11.6 Å². The summed E-state index contributed by atoms with van der Waals surface area (Å²) in [4.78, 5) is 31.4. The minimum absolute atomic E-state index is 0.00785. The number of aryl methyl sites for hydroxylation is 1. The standard InChI is InChI=1S/C28H29F2N5O6S2/c1-14(2)11-20-23(26(31)36)25(24(28-35-34-15(3)41-28)19(33-20)9-10-40-43(4,38)39)21-7-8-22(42-21)27(37)32-13-16-5-6-17(29)18(30)12-16/h5-8,12,14H,9-11,13H2,1-4H3,(H2,31,36)(H,32,37). The van der Waals surface area contributed by atoms with Crippen LogP contribution in [0.1, 0.15) is 56.7 Å². The smallest absolute Gasteiger partial charge is 0.264 e. The lowest BCUT2D eigenvalue weighted by molar-refractivity contribution is 0.0953. The Kier molecular flexibility index (Phi) is 9.67. The van der Waals surface area contributed by atoms with Gasteiger partial charge in [0.1, 0.15) is 0 Å². The first-order chi connectivity index (χ1) is 20.2. The number of primary amides is 1. The number of hydrogen-bond acceptors (Lipinski definition) is 10. The predicted octanol–water partition coefficient (Wildman–Crippen LogP) is 4.19. The van der Waals surface area contributed by atoms with Crippen molar-refractivity contribution in [3.05, 3.63) is 75.2 Å². The average molecular weight is 634 g/mol. The Morgan fingerprint density at radius 2 is 1.84 bits per heavy atom. The number of benzene rings is 1. The quantitative estimate of drug-likeness (QED) is 0.217. The van der Waals surface area contributed by atoms with Crippen molar-refractivity contribution in [2.45, 2.75) is 40.2 Å². The number of aromatic nitrogens is 3. The largest absolute Gasteiger partial charge is 0.421 e. The Bertz CT molecular complexity index is 1790. The number of halogens is 2. The van der Waals surface area contributed by atoms with Gasteiger partial charge in [-0.3, -0.25) is 18.8 Å². The van der Waals surface area contributed by atoms with E-state index in [0.717, 1.165) is 29.7 Å². The third-order valence-corrected chi connectivity index (χ3v) is 7.78. The Balaban J connectivity index is 1.83. The summed E-state index contributed by atoms with van der Waals surface area (Å²) in [5.74, 6) is -2.97. The lowest BCUT2D eigenvalue weighted by Crippen LogP contribution is -2.21. The van der Waals surface area contributed by atoms with Crippen molar-refractivity contribution in [2.75, 3.05) is 12.9 Å². The lowest BCUT2D eigenvalue weighted by Gasteiger charge is -2.19. The number of nitrogens with zero attached hydrogens (tertiary/aromatic N) is 3. The van der Waals surface area contributed by atoms with Gasteiger partial charge in [0.25, 0.3) is 21.9 Å². The Morgan fingerprint density at radius 3 is 2.44 bits per heavy atom. The molecule has 2 amide bonds. The van der Waals surface area contributed by atoms with E-state index < -0.39 is 33.6 Å². The van der Waals surface area contributed by atoms with E-state index in [0.29, 0.717) is 33.8 Å². The topological polar surface area (TPSA) is 167 Å². The maximum absolute atomic E-state index is 13.6. The highest BCUT2D eigenvalue weighted by atomic mass is 32.2. The Hall–Kier alpha value is -4.08. The van der Waals surface area contributed by atoms with Crippen molar-refractivity contribution in [3.8, 4) is 21.9 Å². The fourth-order valence-electron chi connectivity index (χ4n) is 4.35. The second-order valence-electron chi connectivity index (χ2n) is 10.1. The van der Waals surface area contributed by atoms with Crippen LogP contribution in [0.2, 0.25) is 0 Å². The van der Waals surface area contributed by atoms with Gasteiger partial charge in [-0.05, 0) is 42.2 Å². The first-order valence-electron chi connectivity index (χ1n) is 13.1. The summed E-state index contributed by atoms with van der Waals surface area (Å²) in [7, 11) is -3.75. The van der Waals surface area contributed by atoms with Gasteiger partial charge in [-0.25, -0.2) is 8.78 Å². The summed E-state index contributed by atoms with van der Waals surface area (Å²) in [6.45, 7) is 5.16. The van der Waals surface area contributed by atoms with Crippen molar-refractivity contribution < 1.29 is 35.4 Å². The molecule has 4 aromatic rings. The zero-order chi connectivity index (χ0) is 31.5. The monoisotopic (exact) mass is 633 g/mol. The summed E-state index contributed by atoms with van der Waals surface area (Å²) in [6, 6.07) is 6.50. The molecule has 0 unspecified atom stereocenters. The summed E-state index contributed by atoms with van der Waals surface area (Å²) < 4.78 is 60.9. The number of pyridine rings is 1. The number of hydrogen-bond donors (Lipinski definition) is 2. The molecule has 0 radical (unpaired) electrons. The molecule has 15 heteroatoms. The van der Waals surface area contributed by atoms with E-state index in [-0.39, 0.29) is 53.3 Å². The average Bonchev–Trinajstić information content (AvgIpc) is 3.57. The maximum Gasteiger partial charge on any atom is 0.264 e. The van der Waals surface area contributed by atoms with E-state index in [1.54, 1.807) is 19.1 Å². The van der Waals surface area contributed by atoms with Crippen molar-refractivity contribution in [1.82, 2.24) is 20.5 Å². The molecule has 43 heavy (non-hydrogen) atoms. The van der Waals surface area contributed by atoms with Crippen molar-refractivity contribution in [3.63, 3.8) is 0 Å². The Labute approximate surface area is 250 Å². The second kappa shape index (κ2) is 13.1. The van der Waals surface area contributed by atoms with Gasteiger partial charge in [-0.1, -0.05) is 19.9 Å². The van der Waals surface area contributed by atoms with Crippen LogP contribution in [0.15, 0.2) is 34.7 Å². The van der Waals surface area contributed by atoms with Crippen molar-refractivity contribution in [2.24, 2.45) is 11.7 Å². The van der Waals surface area contributed by atoms with Crippen LogP contribution in [0.25, 0.3) is 21.9 Å². The van der Waals surface area contributed by atoms with Crippen molar-refractivity contribution in [1.29, 1.82) is 0 Å². The van der Waals surface area contributed by atoms with Crippen LogP contribution in [0.5, 0.6) is 0 Å². The van der Waals surface area contributed by atoms with Gasteiger partial charge in [-0.2, -0.15) is 8.42 Å². The van der Waals surface area contributed by atoms with E-state index in [1.165, 1.54) is 6.07 Å². The normalized spacial score (nSPS) is 11.7.